The Morgan fingerprint density at radius 1 is 1.47 bits per heavy atom. The van der Waals surface area contributed by atoms with Gasteiger partial charge in [-0.2, -0.15) is 8.78 Å². The largest absolute Gasteiger partial charge is 0.435 e. The van der Waals surface area contributed by atoms with Crippen molar-refractivity contribution >= 4 is 5.91 Å². The van der Waals surface area contributed by atoms with Crippen molar-refractivity contribution < 1.29 is 18.3 Å². The van der Waals surface area contributed by atoms with Crippen molar-refractivity contribution in [3.8, 4) is 5.75 Å². The zero-order valence-electron chi connectivity index (χ0n) is 10.4. The van der Waals surface area contributed by atoms with E-state index in [9.17, 15) is 13.6 Å². The van der Waals surface area contributed by atoms with E-state index in [4.69, 9.17) is 0 Å². The Morgan fingerprint density at radius 3 is 3.00 bits per heavy atom. The summed E-state index contributed by atoms with van der Waals surface area (Å²) in [6.45, 7) is -1.19. The third-order valence-electron chi connectivity index (χ3n) is 2.95. The lowest BCUT2D eigenvalue weighted by Gasteiger charge is -2.23. The molecule has 1 heterocycles. The number of rotatable bonds is 4. The van der Waals surface area contributed by atoms with Gasteiger partial charge in [-0.3, -0.25) is 4.79 Å². The molecule has 1 aromatic rings. The molecule has 4 nitrogen and oxygen atoms in total. The molecule has 1 aliphatic heterocycles. The molecule has 0 aliphatic carbocycles. The third-order valence-corrected chi connectivity index (χ3v) is 2.95. The molecule has 6 heteroatoms. The minimum absolute atomic E-state index is 0.00980. The SMILES string of the molecule is O=C(N[C@@H]1CCCNC1)c1cccc(OC(F)F)c1. The number of halogens is 2. The molecule has 0 spiro atoms. The molecule has 1 amide bonds. The maximum absolute atomic E-state index is 12.1. The van der Waals surface area contributed by atoms with Gasteiger partial charge in [-0.15, -0.1) is 0 Å². The van der Waals surface area contributed by atoms with E-state index in [1.165, 1.54) is 18.2 Å². The Morgan fingerprint density at radius 2 is 2.32 bits per heavy atom. The molecule has 1 saturated heterocycles. The van der Waals surface area contributed by atoms with E-state index in [0.717, 1.165) is 25.9 Å². The average Bonchev–Trinajstić information content (AvgIpc) is 2.39. The van der Waals surface area contributed by atoms with Gasteiger partial charge < -0.3 is 15.4 Å². The van der Waals surface area contributed by atoms with Crippen LogP contribution < -0.4 is 15.4 Å². The summed E-state index contributed by atoms with van der Waals surface area (Å²) in [4.78, 5) is 12.0. The van der Waals surface area contributed by atoms with Crippen LogP contribution in [-0.4, -0.2) is 31.7 Å². The van der Waals surface area contributed by atoms with E-state index in [-0.39, 0.29) is 17.7 Å². The first-order valence-corrected chi connectivity index (χ1v) is 6.21. The van der Waals surface area contributed by atoms with Gasteiger partial charge >= 0.3 is 6.61 Å². The van der Waals surface area contributed by atoms with Gasteiger partial charge in [0.25, 0.3) is 5.91 Å². The fourth-order valence-electron chi connectivity index (χ4n) is 2.06. The summed E-state index contributed by atoms with van der Waals surface area (Å²) in [7, 11) is 0. The van der Waals surface area contributed by atoms with Gasteiger partial charge in [-0.05, 0) is 37.6 Å². The number of ether oxygens (including phenoxy) is 1. The summed E-state index contributed by atoms with van der Waals surface area (Å²) in [6.07, 6.45) is 1.94. The van der Waals surface area contributed by atoms with Crippen molar-refractivity contribution in [2.45, 2.75) is 25.5 Å². The highest BCUT2D eigenvalue weighted by atomic mass is 19.3. The lowest BCUT2D eigenvalue weighted by Crippen LogP contribution is -2.45. The van der Waals surface area contributed by atoms with Gasteiger partial charge in [-0.25, -0.2) is 0 Å². The number of nitrogens with one attached hydrogen (secondary N) is 2. The molecule has 0 saturated carbocycles. The summed E-state index contributed by atoms with van der Waals surface area (Å²) < 4.78 is 28.5. The predicted molar refractivity (Wildman–Crippen MR) is 66.4 cm³/mol. The molecule has 2 N–H and O–H groups in total. The first-order chi connectivity index (χ1) is 9.15. The summed E-state index contributed by atoms with van der Waals surface area (Å²) in [5.41, 5.74) is 0.323. The molecular weight excluding hydrogens is 254 g/mol. The molecular formula is C13H16F2N2O2. The standard InChI is InChI=1S/C13H16F2N2O2/c14-13(15)19-11-5-1-3-9(7-11)12(18)17-10-4-2-6-16-8-10/h1,3,5,7,10,13,16H,2,4,6,8H2,(H,17,18)/t10-/m1/s1. The Labute approximate surface area is 110 Å². The molecule has 0 radical (unpaired) electrons. The predicted octanol–water partition coefficient (Wildman–Crippen LogP) is 1.77. The quantitative estimate of drug-likeness (QED) is 0.876. The zero-order chi connectivity index (χ0) is 13.7. The monoisotopic (exact) mass is 270 g/mol. The molecule has 19 heavy (non-hydrogen) atoms. The lowest BCUT2D eigenvalue weighted by atomic mass is 10.1. The Bertz CT molecular complexity index is 434. The molecule has 1 atom stereocenters. The molecule has 1 aromatic carbocycles. The summed E-state index contributed by atoms with van der Waals surface area (Å²) >= 11 is 0. The van der Waals surface area contributed by atoms with Crippen molar-refractivity contribution in [1.82, 2.24) is 10.6 Å². The van der Waals surface area contributed by atoms with Crippen LogP contribution in [0.15, 0.2) is 24.3 Å². The number of alkyl halides is 2. The van der Waals surface area contributed by atoms with Crippen LogP contribution in [-0.2, 0) is 0 Å². The molecule has 2 rings (SSSR count). The van der Waals surface area contributed by atoms with Gasteiger partial charge in [-0.1, -0.05) is 6.07 Å². The van der Waals surface area contributed by atoms with Crippen LogP contribution in [0.1, 0.15) is 23.2 Å². The van der Waals surface area contributed by atoms with E-state index in [2.05, 4.69) is 15.4 Å². The third kappa shape index (κ3) is 4.17. The molecule has 1 aliphatic rings. The van der Waals surface area contributed by atoms with Gasteiger partial charge in [0, 0.05) is 18.2 Å². The molecule has 0 unspecified atom stereocenters. The fourth-order valence-corrected chi connectivity index (χ4v) is 2.06. The second-order valence-corrected chi connectivity index (χ2v) is 4.42. The fraction of sp³-hybridized carbons (Fsp3) is 0.462. The van der Waals surface area contributed by atoms with E-state index >= 15 is 0 Å². The molecule has 104 valence electrons. The van der Waals surface area contributed by atoms with Crippen LogP contribution in [0.4, 0.5) is 8.78 Å². The molecule has 0 aromatic heterocycles. The molecule has 1 fully saturated rings. The maximum atomic E-state index is 12.1. The van der Waals surface area contributed by atoms with E-state index in [0.29, 0.717) is 5.56 Å². The van der Waals surface area contributed by atoms with Gasteiger partial charge in [0.05, 0.1) is 0 Å². The highest BCUT2D eigenvalue weighted by Gasteiger charge is 2.16. The van der Waals surface area contributed by atoms with Crippen molar-refractivity contribution in [2.24, 2.45) is 0 Å². The van der Waals surface area contributed by atoms with Crippen molar-refractivity contribution in [2.75, 3.05) is 13.1 Å². The number of hydrogen-bond donors (Lipinski definition) is 2. The van der Waals surface area contributed by atoms with E-state index in [1.54, 1.807) is 6.07 Å². The Kier molecular flexibility index (Phi) is 4.68. The van der Waals surface area contributed by atoms with Gasteiger partial charge in [0.15, 0.2) is 0 Å². The van der Waals surface area contributed by atoms with Crippen molar-refractivity contribution in [3.05, 3.63) is 29.8 Å². The van der Waals surface area contributed by atoms with Gasteiger partial charge in [0.2, 0.25) is 0 Å². The highest BCUT2D eigenvalue weighted by molar-refractivity contribution is 5.94. The van der Waals surface area contributed by atoms with Crippen LogP contribution >= 0.6 is 0 Å². The number of carbonyl (C=O) groups is 1. The van der Waals surface area contributed by atoms with Crippen LogP contribution in [0.3, 0.4) is 0 Å². The Balaban J connectivity index is 1.97. The van der Waals surface area contributed by atoms with Crippen LogP contribution in [0, 0.1) is 0 Å². The summed E-state index contributed by atoms with van der Waals surface area (Å²) in [6, 6.07) is 5.89. The second kappa shape index (κ2) is 6.47. The smallest absolute Gasteiger partial charge is 0.387 e. The minimum atomic E-state index is -2.89. The van der Waals surface area contributed by atoms with E-state index < -0.39 is 6.61 Å². The average molecular weight is 270 g/mol. The minimum Gasteiger partial charge on any atom is -0.435 e. The number of piperidine rings is 1. The highest BCUT2D eigenvalue weighted by Crippen LogP contribution is 2.16. The Hall–Kier alpha value is -1.69. The first-order valence-electron chi connectivity index (χ1n) is 6.21. The molecule has 0 bridgehead atoms. The van der Waals surface area contributed by atoms with Crippen molar-refractivity contribution in [1.29, 1.82) is 0 Å². The van der Waals surface area contributed by atoms with Crippen LogP contribution in [0.5, 0.6) is 5.75 Å². The number of amides is 1. The lowest BCUT2D eigenvalue weighted by molar-refractivity contribution is -0.0498. The number of carbonyl (C=O) groups excluding carboxylic acids is 1. The summed E-state index contributed by atoms with van der Waals surface area (Å²) in [5.74, 6) is -0.280. The van der Waals surface area contributed by atoms with Crippen LogP contribution in [0.25, 0.3) is 0 Å². The van der Waals surface area contributed by atoms with Crippen LogP contribution in [0.2, 0.25) is 0 Å². The summed E-state index contributed by atoms with van der Waals surface area (Å²) in [5, 5.41) is 6.06. The van der Waals surface area contributed by atoms with Gasteiger partial charge in [0.1, 0.15) is 5.75 Å². The maximum Gasteiger partial charge on any atom is 0.387 e. The van der Waals surface area contributed by atoms with Crippen molar-refractivity contribution in [3.63, 3.8) is 0 Å². The zero-order valence-corrected chi connectivity index (χ0v) is 10.4. The number of hydrogen-bond acceptors (Lipinski definition) is 3. The first kappa shape index (κ1) is 13.7. The second-order valence-electron chi connectivity index (χ2n) is 4.42. The van der Waals surface area contributed by atoms with E-state index in [1.807, 2.05) is 0 Å². The number of benzene rings is 1. The topological polar surface area (TPSA) is 50.4 Å². The normalized spacial score (nSPS) is 19.2.